The third-order valence-corrected chi connectivity index (χ3v) is 4.10. The summed E-state index contributed by atoms with van der Waals surface area (Å²) < 4.78 is 0. The maximum absolute atomic E-state index is 12.5. The van der Waals surface area contributed by atoms with Gasteiger partial charge in [0.25, 0.3) is 11.6 Å². The van der Waals surface area contributed by atoms with Crippen LogP contribution < -0.4 is 4.90 Å². The van der Waals surface area contributed by atoms with Crippen LogP contribution in [0.3, 0.4) is 0 Å². The van der Waals surface area contributed by atoms with E-state index >= 15 is 0 Å². The van der Waals surface area contributed by atoms with Crippen LogP contribution in [0.5, 0.6) is 0 Å². The van der Waals surface area contributed by atoms with Crippen molar-refractivity contribution in [2.75, 3.05) is 31.1 Å². The summed E-state index contributed by atoms with van der Waals surface area (Å²) in [6, 6.07) is 11.3. The van der Waals surface area contributed by atoms with Crippen molar-refractivity contribution in [2.45, 2.75) is 0 Å². The minimum absolute atomic E-state index is 0.0897. The Labute approximate surface area is 144 Å². The van der Waals surface area contributed by atoms with Gasteiger partial charge in [-0.05, 0) is 18.2 Å². The second kappa shape index (κ2) is 6.97. The summed E-state index contributed by atoms with van der Waals surface area (Å²) in [5.41, 5.74) is 1.50. The number of rotatable bonds is 3. The van der Waals surface area contributed by atoms with E-state index in [4.69, 9.17) is 5.26 Å². The monoisotopic (exact) mass is 337 g/mol. The molecule has 8 nitrogen and oxygen atoms in total. The standard InChI is InChI=1S/C17H15N5O3/c18-11-14-4-5-16(12-19-14)20-6-8-21(9-7-20)17(23)13-2-1-3-15(10-13)22(24)25/h1-5,10,12H,6-9H2. The number of pyridine rings is 1. The quantitative estimate of drug-likeness (QED) is 0.625. The Kier molecular flexibility index (Phi) is 4.57. The van der Waals surface area contributed by atoms with Crippen LogP contribution >= 0.6 is 0 Å². The Morgan fingerprint density at radius 3 is 2.56 bits per heavy atom. The van der Waals surface area contributed by atoms with Crippen molar-refractivity contribution in [3.63, 3.8) is 0 Å². The number of nitro groups is 1. The maximum Gasteiger partial charge on any atom is 0.270 e. The predicted molar refractivity (Wildman–Crippen MR) is 90.2 cm³/mol. The number of carbonyl (C=O) groups excluding carboxylic acids is 1. The third-order valence-electron chi connectivity index (χ3n) is 4.10. The fourth-order valence-corrected chi connectivity index (χ4v) is 2.74. The fraction of sp³-hybridized carbons (Fsp3) is 0.235. The Hall–Kier alpha value is -3.47. The molecule has 0 N–H and O–H groups in total. The minimum Gasteiger partial charge on any atom is -0.367 e. The van der Waals surface area contributed by atoms with Crippen molar-refractivity contribution in [3.8, 4) is 6.07 Å². The van der Waals surface area contributed by atoms with E-state index in [2.05, 4.69) is 9.88 Å². The van der Waals surface area contributed by atoms with E-state index in [9.17, 15) is 14.9 Å². The number of piperazine rings is 1. The summed E-state index contributed by atoms with van der Waals surface area (Å²) in [7, 11) is 0. The zero-order valence-electron chi connectivity index (χ0n) is 13.3. The zero-order valence-corrected chi connectivity index (χ0v) is 13.3. The second-order valence-electron chi connectivity index (χ2n) is 5.60. The molecule has 1 aliphatic rings. The topological polar surface area (TPSA) is 103 Å². The minimum atomic E-state index is -0.507. The molecule has 1 aromatic carbocycles. The average Bonchev–Trinajstić information content (AvgIpc) is 2.67. The molecule has 0 atom stereocenters. The SMILES string of the molecule is N#Cc1ccc(N2CCN(C(=O)c3cccc([N+](=O)[O-])c3)CC2)cn1. The first kappa shape index (κ1) is 16.4. The molecule has 2 heterocycles. The van der Waals surface area contributed by atoms with Gasteiger partial charge in [0.05, 0.1) is 16.8 Å². The predicted octanol–water partition coefficient (Wildman–Crippen LogP) is 1.82. The molecule has 1 fully saturated rings. The van der Waals surface area contributed by atoms with Gasteiger partial charge in [0, 0.05) is 43.9 Å². The van der Waals surface area contributed by atoms with Gasteiger partial charge in [0.15, 0.2) is 0 Å². The molecular weight excluding hydrogens is 322 g/mol. The van der Waals surface area contributed by atoms with E-state index in [0.717, 1.165) is 5.69 Å². The van der Waals surface area contributed by atoms with Gasteiger partial charge < -0.3 is 9.80 Å². The molecule has 1 aliphatic heterocycles. The van der Waals surface area contributed by atoms with E-state index in [1.807, 2.05) is 12.1 Å². The number of hydrogen-bond acceptors (Lipinski definition) is 6. The van der Waals surface area contributed by atoms with Crippen LogP contribution in [-0.2, 0) is 0 Å². The highest BCUT2D eigenvalue weighted by molar-refractivity contribution is 5.95. The van der Waals surface area contributed by atoms with E-state index in [1.165, 1.54) is 18.2 Å². The summed E-state index contributed by atoms with van der Waals surface area (Å²) in [6.45, 7) is 2.30. The molecule has 126 valence electrons. The van der Waals surface area contributed by atoms with Crippen molar-refractivity contribution in [1.82, 2.24) is 9.88 Å². The molecule has 1 amide bonds. The number of nitro benzene ring substituents is 1. The Morgan fingerprint density at radius 2 is 1.96 bits per heavy atom. The number of aromatic nitrogens is 1. The maximum atomic E-state index is 12.5. The van der Waals surface area contributed by atoms with Gasteiger partial charge in [-0.1, -0.05) is 6.07 Å². The van der Waals surface area contributed by atoms with Crippen LogP contribution in [0.2, 0.25) is 0 Å². The molecular formula is C17H15N5O3. The fourth-order valence-electron chi connectivity index (χ4n) is 2.74. The molecule has 3 rings (SSSR count). The number of nitrogens with zero attached hydrogens (tertiary/aromatic N) is 5. The summed E-state index contributed by atoms with van der Waals surface area (Å²) in [5.74, 6) is -0.207. The summed E-state index contributed by atoms with van der Waals surface area (Å²) in [6.07, 6.45) is 1.65. The molecule has 0 aliphatic carbocycles. The van der Waals surface area contributed by atoms with Crippen molar-refractivity contribution < 1.29 is 9.72 Å². The highest BCUT2D eigenvalue weighted by Crippen LogP contribution is 2.18. The van der Waals surface area contributed by atoms with Crippen LogP contribution in [0, 0.1) is 21.4 Å². The van der Waals surface area contributed by atoms with Crippen LogP contribution in [0.25, 0.3) is 0 Å². The summed E-state index contributed by atoms with van der Waals surface area (Å²) in [5, 5.41) is 19.6. The Morgan fingerprint density at radius 1 is 1.20 bits per heavy atom. The van der Waals surface area contributed by atoms with Crippen molar-refractivity contribution in [3.05, 3.63) is 64.0 Å². The molecule has 1 aromatic heterocycles. The van der Waals surface area contributed by atoms with E-state index in [1.54, 1.807) is 23.2 Å². The van der Waals surface area contributed by atoms with Crippen LogP contribution in [-0.4, -0.2) is 46.9 Å². The second-order valence-corrected chi connectivity index (χ2v) is 5.60. The Bertz CT molecular complexity index is 836. The van der Waals surface area contributed by atoms with Gasteiger partial charge in [0.1, 0.15) is 11.8 Å². The first-order valence-corrected chi connectivity index (χ1v) is 7.73. The number of nitriles is 1. The van der Waals surface area contributed by atoms with Crippen LogP contribution in [0.4, 0.5) is 11.4 Å². The van der Waals surface area contributed by atoms with E-state index in [-0.39, 0.29) is 11.6 Å². The van der Waals surface area contributed by atoms with Gasteiger partial charge in [-0.2, -0.15) is 5.26 Å². The highest BCUT2D eigenvalue weighted by Gasteiger charge is 2.23. The molecule has 0 radical (unpaired) electrons. The number of non-ortho nitro benzene ring substituents is 1. The molecule has 1 saturated heterocycles. The van der Waals surface area contributed by atoms with Crippen molar-refractivity contribution in [2.24, 2.45) is 0 Å². The molecule has 25 heavy (non-hydrogen) atoms. The van der Waals surface area contributed by atoms with Gasteiger partial charge in [-0.25, -0.2) is 4.98 Å². The number of anilines is 1. The smallest absolute Gasteiger partial charge is 0.270 e. The lowest BCUT2D eigenvalue weighted by Crippen LogP contribution is -2.48. The molecule has 8 heteroatoms. The molecule has 0 bridgehead atoms. The number of carbonyl (C=O) groups is 1. The number of hydrogen-bond donors (Lipinski definition) is 0. The summed E-state index contributed by atoms with van der Waals surface area (Å²) in [4.78, 5) is 30.7. The first-order valence-electron chi connectivity index (χ1n) is 7.73. The number of amides is 1. The van der Waals surface area contributed by atoms with Crippen LogP contribution in [0.1, 0.15) is 16.1 Å². The average molecular weight is 337 g/mol. The lowest BCUT2D eigenvalue weighted by Gasteiger charge is -2.36. The first-order chi connectivity index (χ1) is 12.1. The molecule has 0 saturated carbocycles. The molecule has 0 spiro atoms. The lowest BCUT2D eigenvalue weighted by molar-refractivity contribution is -0.384. The van der Waals surface area contributed by atoms with Gasteiger partial charge >= 0.3 is 0 Å². The lowest BCUT2D eigenvalue weighted by atomic mass is 10.1. The molecule has 2 aromatic rings. The number of benzene rings is 1. The Balaban J connectivity index is 1.65. The molecule has 0 unspecified atom stereocenters. The highest BCUT2D eigenvalue weighted by atomic mass is 16.6. The zero-order chi connectivity index (χ0) is 17.8. The van der Waals surface area contributed by atoms with E-state index < -0.39 is 4.92 Å². The van der Waals surface area contributed by atoms with Crippen molar-refractivity contribution >= 4 is 17.3 Å². The van der Waals surface area contributed by atoms with Gasteiger partial charge in [-0.15, -0.1) is 0 Å². The summed E-state index contributed by atoms with van der Waals surface area (Å²) >= 11 is 0. The van der Waals surface area contributed by atoms with Gasteiger partial charge in [0.2, 0.25) is 0 Å². The normalized spacial score (nSPS) is 14.0. The third kappa shape index (κ3) is 3.55. The van der Waals surface area contributed by atoms with Gasteiger partial charge in [-0.3, -0.25) is 14.9 Å². The van der Waals surface area contributed by atoms with Crippen molar-refractivity contribution in [1.29, 1.82) is 5.26 Å². The van der Waals surface area contributed by atoms with Crippen LogP contribution in [0.15, 0.2) is 42.6 Å². The van der Waals surface area contributed by atoms with E-state index in [0.29, 0.717) is 37.4 Å². The largest absolute Gasteiger partial charge is 0.367 e.